The van der Waals surface area contributed by atoms with E-state index in [-0.39, 0.29) is 0 Å². The number of aliphatic imine (C=N–C) groups is 1. The molecule has 1 aromatic heterocycles. The lowest BCUT2D eigenvalue weighted by Gasteiger charge is -2.08. The third-order valence-corrected chi connectivity index (χ3v) is 2.28. The van der Waals surface area contributed by atoms with E-state index < -0.39 is 0 Å². The normalized spacial score (nSPS) is 11.6. The molecule has 0 aliphatic carbocycles. The Bertz CT molecular complexity index is 362. The first-order chi connectivity index (χ1) is 8.76. The first-order valence-corrected chi connectivity index (χ1v) is 6.06. The number of rotatable bonds is 7. The van der Waals surface area contributed by atoms with Crippen LogP contribution in [0, 0.1) is 0 Å². The zero-order valence-electron chi connectivity index (χ0n) is 11.0. The van der Waals surface area contributed by atoms with E-state index in [1.807, 2.05) is 20.2 Å². The average Bonchev–Trinajstić information content (AvgIpc) is 2.78. The molecule has 1 rings (SSSR count). The minimum absolute atomic E-state index is 0.547. The summed E-state index contributed by atoms with van der Waals surface area (Å²) in [4.78, 5) is 4.32. The predicted octanol–water partition coefficient (Wildman–Crippen LogP) is -0.244. The third kappa shape index (κ3) is 5.65. The number of guanidine groups is 1. The van der Waals surface area contributed by atoms with Crippen molar-refractivity contribution in [1.82, 2.24) is 20.5 Å². The first kappa shape index (κ1) is 14.5. The van der Waals surface area contributed by atoms with Crippen LogP contribution < -0.4 is 16.6 Å². The lowest BCUT2D eigenvalue weighted by molar-refractivity contribution is 0.145. The second kappa shape index (κ2) is 8.48. The Morgan fingerprint density at radius 2 is 2.44 bits per heavy atom. The van der Waals surface area contributed by atoms with Gasteiger partial charge in [0.1, 0.15) is 0 Å². The van der Waals surface area contributed by atoms with Crippen LogP contribution in [0.2, 0.25) is 0 Å². The lowest BCUT2D eigenvalue weighted by atomic mass is 10.4. The molecule has 0 bridgehead atoms. The van der Waals surface area contributed by atoms with Gasteiger partial charge in [-0.25, -0.2) is 10.8 Å². The second-order valence-electron chi connectivity index (χ2n) is 3.81. The highest BCUT2D eigenvalue weighted by atomic mass is 16.5. The molecule has 0 fully saturated rings. The van der Waals surface area contributed by atoms with Crippen LogP contribution in [0.4, 0.5) is 0 Å². The molecule has 0 unspecified atom stereocenters. The minimum atomic E-state index is 0.547. The Balaban J connectivity index is 2.27. The maximum absolute atomic E-state index is 5.39. The van der Waals surface area contributed by atoms with Gasteiger partial charge in [-0.3, -0.25) is 10.1 Å². The van der Waals surface area contributed by atoms with Gasteiger partial charge in [0.05, 0.1) is 12.7 Å². The Morgan fingerprint density at radius 1 is 1.61 bits per heavy atom. The van der Waals surface area contributed by atoms with Crippen molar-refractivity contribution in [2.45, 2.75) is 19.9 Å². The summed E-state index contributed by atoms with van der Waals surface area (Å²) in [6, 6.07) is 0. The Morgan fingerprint density at radius 3 is 3.06 bits per heavy atom. The van der Waals surface area contributed by atoms with Gasteiger partial charge in [-0.2, -0.15) is 5.10 Å². The SMILES string of the molecule is CCOCCCNC(=NCc1cnn(C)c1)NN. The van der Waals surface area contributed by atoms with Crippen molar-refractivity contribution in [3.05, 3.63) is 18.0 Å². The number of nitrogens with one attached hydrogen (secondary N) is 2. The van der Waals surface area contributed by atoms with Crippen molar-refractivity contribution in [2.24, 2.45) is 17.9 Å². The van der Waals surface area contributed by atoms with Crippen LogP contribution in [0.5, 0.6) is 0 Å². The van der Waals surface area contributed by atoms with Crippen LogP contribution in [0.1, 0.15) is 18.9 Å². The molecule has 0 aromatic carbocycles. The van der Waals surface area contributed by atoms with Gasteiger partial charge in [0.2, 0.25) is 5.96 Å². The summed E-state index contributed by atoms with van der Waals surface area (Å²) in [5.74, 6) is 5.97. The molecular weight excluding hydrogens is 232 g/mol. The fourth-order valence-corrected chi connectivity index (χ4v) is 1.40. The Kier molecular flexibility index (Phi) is 6.82. The van der Waals surface area contributed by atoms with Crippen LogP contribution in [0.3, 0.4) is 0 Å². The Labute approximate surface area is 107 Å². The molecule has 0 saturated carbocycles. The molecule has 0 atom stereocenters. The molecule has 0 aliphatic rings. The number of hydrazine groups is 1. The van der Waals surface area contributed by atoms with Gasteiger partial charge < -0.3 is 10.1 Å². The average molecular weight is 254 g/mol. The molecule has 0 amide bonds. The van der Waals surface area contributed by atoms with E-state index in [1.54, 1.807) is 10.9 Å². The molecular formula is C11H22N6O. The molecule has 4 N–H and O–H groups in total. The number of nitrogens with zero attached hydrogens (tertiary/aromatic N) is 3. The van der Waals surface area contributed by atoms with E-state index in [4.69, 9.17) is 10.6 Å². The monoisotopic (exact) mass is 254 g/mol. The smallest absolute Gasteiger partial charge is 0.206 e. The summed E-state index contributed by atoms with van der Waals surface area (Å²) >= 11 is 0. The van der Waals surface area contributed by atoms with Crippen LogP contribution >= 0.6 is 0 Å². The zero-order chi connectivity index (χ0) is 13.2. The summed E-state index contributed by atoms with van der Waals surface area (Å²) in [7, 11) is 1.88. The maximum Gasteiger partial charge on any atom is 0.206 e. The number of nitrogens with two attached hydrogens (primary N) is 1. The molecule has 18 heavy (non-hydrogen) atoms. The molecule has 1 aromatic rings. The van der Waals surface area contributed by atoms with Gasteiger partial charge in [0, 0.05) is 38.6 Å². The molecule has 0 aliphatic heterocycles. The van der Waals surface area contributed by atoms with Gasteiger partial charge in [0.25, 0.3) is 0 Å². The summed E-state index contributed by atoms with van der Waals surface area (Å²) in [6.07, 6.45) is 4.63. The highest BCUT2D eigenvalue weighted by molar-refractivity contribution is 5.79. The first-order valence-electron chi connectivity index (χ1n) is 6.06. The van der Waals surface area contributed by atoms with Crippen LogP contribution in [-0.2, 0) is 18.3 Å². The molecule has 102 valence electrons. The van der Waals surface area contributed by atoms with Crippen molar-refractivity contribution >= 4 is 5.96 Å². The highest BCUT2D eigenvalue weighted by Gasteiger charge is 1.97. The summed E-state index contributed by atoms with van der Waals surface area (Å²) in [5.41, 5.74) is 3.58. The standard InChI is InChI=1S/C11H22N6O/c1-3-18-6-4-5-13-11(16-12)14-7-10-8-15-17(2)9-10/h8-9H,3-7,12H2,1-2H3,(H2,13,14,16). The van der Waals surface area contributed by atoms with Crippen LogP contribution in [0.15, 0.2) is 17.4 Å². The lowest BCUT2D eigenvalue weighted by Crippen LogP contribution is -2.42. The fourth-order valence-electron chi connectivity index (χ4n) is 1.40. The third-order valence-electron chi connectivity index (χ3n) is 2.28. The van der Waals surface area contributed by atoms with Gasteiger partial charge >= 0.3 is 0 Å². The summed E-state index contributed by atoms with van der Waals surface area (Å²) < 4.78 is 6.98. The number of aryl methyl sites for hydroxylation is 1. The van der Waals surface area contributed by atoms with Crippen molar-refractivity contribution in [3.63, 3.8) is 0 Å². The molecule has 7 nitrogen and oxygen atoms in total. The van der Waals surface area contributed by atoms with Gasteiger partial charge in [-0.1, -0.05) is 0 Å². The summed E-state index contributed by atoms with van der Waals surface area (Å²) in [6.45, 7) is 4.79. The summed E-state index contributed by atoms with van der Waals surface area (Å²) in [5, 5.41) is 7.19. The molecule has 7 heteroatoms. The predicted molar refractivity (Wildman–Crippen MR) is 70.8 cm³/mol. The van der Waals surface area contributed by atoms with Crippen molar-refractivity contribution in [1.29, 1.82) is 0 Å². The molecule has 0 radical (unpaired) electrons. The van der Waals surface area contributed by atoms with Gasteiger partial charge in [-0.15, -0.1) is 0 Å². The van der Waals surface area contributed by atoms with Crippen LogP contribution in [0.25, 0.3) is 0 Å². The van der Waals surface area contributed by atoms with E-state index in [2.05, 4.69) is 20.8 Å². The van der Waals surface area contributed by atoms with E-state index in [9.17, 15) is 0 Å². The van der Waals surface area contributed by atoms with Gasteiger partial charge in [-0.05, 0) is 13.3 Å². The van der Waals surface area contributed by atoms with Crippen molar-refractivity contribution in [2.75, 3.05) is 19.8 Å². The fraction of sp³-hybridized carbons (Fsp3) is 0.636. The highest BCUT2D eigenvalue weighted by Crippen LogP contribution is 1.97. The maximum atomic E-state index is 5.39. The second-order valence-corrected chi connectivity index (χ2v) is 3.81. The number of hydrogen-bond acceptors (Lipinski definition) is 4. The Hall–Kier alpha value is -1.60. The van der Waals surface area contributed by atoms with E-state index in [0.29, 0.717) is 12.5 Å². The number of aromatic nitrogens is 2. The molecule has 0 saturated heterocycles. The van der Waals surface area contributed by atoms with Crippen LogP contribution in [-0.4, -0.2) is 35.5 Å². The van der Waals surface area contributed by atoms with Gasteiger partial charge in [0.15, 0.2) is 0 Å². The quantitative estimate of drug-likeness (QED) is 0.205. The van der Waals surface area contributed by atoms with E-state index in [1.165, 1.54) is 0 Å². The topological polar surface area (TPSA) is 89.5 Å². The van der Waals surface area contributed by atoms with E-state index >= 15 is 0 Å². The largest absolute Gasteiger partial charge is 0.382 e. The molecule has 1 heterocycles. The number of ether oxygens (including phenoxy) is 1. The van der Waals surface area contributed by atoms with Crippen molar-refractivity contribution < 1.29 is 4.74 Å². The zero-order valence-corrected chi connectivity index (χ0v) is 11.0. The minimum Gasteiger partial charge on any atom is -0.382 e. The van der Waals surface area contributed by atoms with Crippen molar-refractivity contribution in [3.8, 4) is 0 Å². The number of hydrogen-bond donors (Lipinski definition) is 3. The van der Waals surface area contributed by atoms with E-state index in [0.717, 1.165) is 31.7 Å². The molecule has 0 spiro atoms.